The Morgan fingerprint density at radius 2 is 2.38 bits per heavy atom. The molecule has 1 unspecified atom stereocenters. The fraction of sp³-hybridized carbons (Fsp3) is 0.667. The first-order valence-electron chi connectivity index (χ1n) is 2.72. The lowest BCUT2D eigenvalue weighted by Gasteiger charge is -1.98. The molecule has 0 saturated heterocycles. The van der Waals surface area contributed by atoms with E-state index in [4.69, 9.17) is 16.3 Å². The SMILES string of the molecule is CC/C=C\OC(C)Cl. The average molecular weight is 135 g/mol. The maximum absolute atomic E-state index is 5.44. The zero-order valence-electron chi connectivity index (χ0n) is 5.23. The summed E-state index contributed by atoms with van der Waals surface area (Å²) < 4.78 is 4.87. The smallest absolute Gasteiger partial charge is 0.168 e. The van der Waals surface area contributed by atoms with Crippen molar-refractivity contribution < 1.29 is 4.74 Å². The van der Waals surface area contributed by atoms with Crippen LogP contribution in [0.1, 0.15) is 20.3 Å². The largest absolute Gasteiger partial charge is 0.483 e. The molecule has 0 aliphatic rings. The maximum atomic E-state index is 5.44. The Hall–Kier alpha value is -0.170. The molecule has 0 bridgehead atoms. The maximum Gasteiger partial charge on any atom is 0.168 e. The predicted octanol–water partition coefficient (Wildman–Crippen LogP) is 2.51. The van der Waals surface area contributed by atoms with Gasteiger partial charge in [0.15, 0.2) is 5.56 Å². The van der Waals surface area contributed by atoms with Gasteiger partial charge in [-0.2, -0.15) is 0 Å². The summed E-state index contributed by atoms with van der Waals surface area (Å²) in [5, 5.41) is 0. The first-order valence-corrected chi connectivity index (χ1v) is 3.15. The summed E-state index contributed by atoms with van der Waals surface area (Å²) in [6.07, 6.45) is 4.53. The van der Waals surface area contributed by atoms with Crippen molar-refractivity contribution in [3.8, 4) is 0 Å². The third-order valence-electron chi connectivity index (χ3n) is 0.598. The summed E-state index contributed by atoms with van der Waals surface area (Å²) in [6.45, 7) is 3.82. The average Bonchev–Trinajstić information content (AvgIpc) is 1.66. The molecule has 0 aromatic carbocycles. The number of halogens is 1. The van der Waals surface area contributed by atoms with E-state index in [2.05, 4.69) is 0 Å². The number of alkyl halides is 1. The molecule has 1 atom stereocenters. The van der Waals surface area contributed by atoms with Gasteiger partial charge >= 0.3 is 0 Å². The van der Waals surface area contributed by atoms with Crippen molar-refractivity contribution in [3.63, 3.8) is 0 Å². The highest BCUT2D eigenvalue weighted by Gasteiger charge is 1.85. The molecule has 0 aliphatic carbocycles. The topological polar surface area (TPSA) is 9.23 Å². The van der Waals surface area contributed by atoms with Gasteiger partial charge in [0.05, 0.1) is 6.26 Å². The Labute approximate surface area is 55.3 Å². The van der Waals surface area contributed by atoms with Crippen LogP contribution in [0.5, 0.6) is 0 Å². The van der Waals surface area contributed by atoms with Crippen molar-refractivity contribution in [1.82, 2.24) is 0 Å². The molecule has 0 spiro atoms. The summed E-state index contributed by atoms with van der Waals surface area (Å²) in [5.41, 5.74) is -0.210. The lowest BCUT2D eigenvalue weighted by molar-refractivity contribution is 0.232. The zero-order valence-corrected chi connectivity index (χ0v) is 5.98. The van der Waals surface area contributed by atoms with E-state index in [1.165, 1.54) is 0 Å². The van der Waals surface area contributed by atoms with Crippen LogP contribution in [0.3, 0.4) is 0 Å². The van der Waals surface area contributed by atoms with Gasteiger partial charge in [-0.15, -0.1) is 0 Å². The van der Waals surface area contributed by atoms with E-state index in [0.29, 0.717) is 0 Å². The minimum Gasteiger partial charge on any atom is -0.483 e. The van der Waals surface area contributed by atoms with Crippen molar-refractivity contribution in [2.75, 3.05) is 0 Å². The molecular weight excluding hydrogens is 124 g/mol. The van der Waals surface area contributed by atoms with Gasteiger partial charge in [0, 0.05) is 0 Å². The molecule has 0 radical (unpaired) electrons. The van der Waals surface area contributed by atoms with Crippen LogP contribution >= 0.6 is 11.6 Å². The predicted molar refractivity (Wildman–Crippen MR) is 35.8 cm³/mol. The van der Waals surface area contributed by atoms with Gasteiger partial charge in [-0.1, -0.05) is 24.6 Å². The second kappa shape index (κ2) is 4.98. The summed E-state index contributed by atoms with van der Waals surface area (Å²) >= 11 is 5.44. The van der Waals surface area contributed by atoms with E-state index in [0.717, 1.165) is 6.42 Å². The molecule has 0 aliphatic heterocycles. The molecule has 0 fully saturated rings. The van der Waals surface area contributed by atoms with Gasteiger partial charge < -0.3 is 4.74 Å². The third-order valence-corrected chi connectivity index (χ3v) is 0.701. The molecular formula is C6H11ClO. The highest BCUT2D eigenvalue weighted by Crippen LogP contribution is 1.95. The fourth-order valence-electron chi connectivity index (χ4n) is 0.260. The quantitative estimate of drug-likeness (QED) is 0.426. The van der Waals surface area contributed by atoms with Crippen LogP contribution in [0.4, 0.5) is 0 Å². The normalized spacial score (nSPS) is 14.4. The van der Waals surface area contributed by atoms with Crippen molar-refractivity contribution in [2.45, 2.75) is 25.8 Å². The fourth-order valence-corrected chi connectivity index (χ4v) is 0.319. The van der Waals surface area contributed by atoms with Crippen LogP contribution in [0, 0.1) is 0 Å². The molecule has 1 nitrogen and oxygen atoms in total. The van der Waals surface area contributed by atoms with Crippen LogP contribution < -0.4 is 0 Å². The molecule has 0 amide bonds. The van der Waals surface area contributed by atoms with Gasteiger partial charge in [-0.25, -0.2) is 0 Å². The van der Waals surface area contributed by atoms with E-state index in [-0.39, 0.29) is 5.56 Å². The number of rotatable bonds is 3. The summed E-state index contributed by atoms with van der Waals surface area (Å²) in [5.74, 6) is 0. The van der Waals surface area contributed by atoms with E-state index in [1.54, 1.807) is 13.2 Å². The van der Waals surface area contributed by atoms with E-state index < -0.39 is 0 Å². The summed E-state index contributed by atoms with van der Waals surface area (Å²) in [7, 11) is 0. The Bertz CT molecular complexity index is 68.9. The zero-order chi connectivity index (χ0) is 6.41. The van der Waals surface area contributed by atoms with Crippen molar-refractivity contribution >= 4 is 11.6 Å². The van der Waals surface area contributed by atoms with Crippen molar-refractivity contribution in [1.29, 1.82) is 0 Å². The minimum atomic E-state index is -0.210. The number of hydrogen-bond donors (Lipinski definition) is 0. The molecule has 0 rings (SSSR count). The van der Waals surface area contributed by atoms with Gasteiger partial charge in [-0.3, -0.25) is 0 Å². The van der Waals surface area contributed by atoms with Crippen molar-refractivity contribution in [2.24, 2.45) is 0 Å². The van der Waals surface area contributed by atoms with Crippen LogP contribution in [0.25, 0.3) is 0 Å². The molecule has 48 valence electrons. The van der Waals surface area contributed by atoms with Gasteiger partial charge in [0.25, 0.3) is 0 Å². The first kappa shape index (κ1) is 7.83. The van der Waals surface area contributed by atoms with Crippen LogP contribution in [-0.4, -0.2) is 5.56 Å². The highest BCUT2D eigenvalue weighted by atomic mass is 35.5. The van der Waals surface area contributed by atoms with E-state index in [1.807, 2.05) is 13.0 Å². The van der Waals surface area contributed by atoms with Gasteiger partial charge in [0.2, 0.25) is 0 Å². The number of allylic oxidation sites excluding steroid dienone is 1. The molecule has 2 heteroatoms. The molecule has 0 aromatic rings. The molecule has 0 aromatic heterocycles. The highest BCUT2D eigenvalue weighted by molar-refractivity contribution is 6.19. The van der Waals surface area contributed by atoms with E-state index in [9.17, 15) is 0 Å². The van der Waals surface area contributed by atoms with Crippen molar-refractivity contribution in [3.05, 3.63) is 12.3 Å². The molecule has 0 N–H and O–H groups in total. The lowest BCUT2D eigenvalue weighted by atomic mass is 10.5. The van der Waals surface area contributed by atoms with Gasteiger partial charge in [-0.05, 0) is 13.3 Å². The first-order chi connectivity index (χ1) is 3.77. The Morgan fingerprint density at radius 1 is 1.75 bits per heavy atom. The standard InChI is InChI=1S/C6H11ClO/c1-3-4-5-8-6(2)7/h4-6H,3H2,1-2H3/b5-4-. The monoisotopic (exact) mass is 134 g/mol. The molecule has 8 heavy (non-hydrogen) atoms. The second-order valence-corrected chi connectivity index (χ2v) is 2.07. The van der Waals surface area contributed by atoms with Crippen LogP contribution in [-0.2, 0) is 4.74 Å². The molecule has 0 heterocycles. The lowest BCUT2D eigenvalue weighted by Crippen LogP contribution is -1.89. The van der Waals surface area contributed by atoms with E-state index >= 15 is 0 Å². The second-order valence-electron chi connectivity index (χ2n) is 1.46. The molecule has 0 saturated carbocycles. The van der Waals surface area contributed by atoms with Gasteiger partial charge in [0.1, 0.15) is 0 Å². The summed E-state index contributed by atoms with van der Waals surface area (Å²) in [6, 6.07) is 0. The number of hydrogen-bond acceptors (Lipinski definition) is 1. The van der Waals surface area contributed by atoms with Crippen LogP contribution in [0.2, 0.25) is 0 Å². The number of ether oxygens (including phenoxy) is 1. The van der Waals surface area contributed by atoms with Crippen LogP contribution in [0.15, 0.2) is 12.3 Å². The Balaban J connectivity index is 3.03. The Kier molecular flexibility index (Phi) is 4.87. The third kappa shape index (κ3) is 5.83. The Morgan fingerprint density at radius 3 is 2.75 bits per heavy atom. The summed E-state index contributed by atoms with van der Waals surface area (Å²) in [4.78, 5) is 0. The minimum absolute atomic E-state index is 0.210.